The van der Waals surface area contributed by atoms with Gasteiger partial charge in [-0.1, -0.05) is 17.7 Å². The van der Waals surface area contributed by atoms with Crippen LogP contribution >= 0.6 is 11.3 Å². The van der Waals surface area contributed by atoms with Gasteiger partial charge >= 0.3 is 11.9 Å². The molecule has 0 amide bonds. The molecule has 1 aromatic heterocycles. The average Bonchev–Trinajstić information content (AvgIpc) is 3.01. The summed E-state index contributed by atoms with van der Waals surface area (Å²) in [5.74, 6) is -1.37. The van der Waals surface area contributed by atoms with E-state index in [1.165, 1.54) is 0 Å². The lowest BCUT2D eigenvalue weighted by Crippen LogP contribution is -2.11. The molecule has 0 fully saturated rings. The minimum absolute atomic E-state index is 0.00471. The van der Waals surface area contributed by atoms with Gasteiger partial charge in [0, 0.05) is 17.5 Å². The number of carbonyl (C=O) groups is 3. The van der Waals surface area contributed by atoms with Crippen LogP contribution in [-0.4, -0.2) is 24.3 Å². The van der Waals surface area contributed by atoms with Gasteiger partial charge in [-0.15, -0.1) is 11.3 Å². The number of nitrogen functional groups attached to an aromatic ring is 1. The first-order chi connectivity index (χ1) is 13.8. The monoisotopic (exact) mass is 414 g/mol. The average molecular weight is 414 g/mol. The Morgan fingerprint density at radius 1 is 1.17 bits per heavy atom. The number of nitrogens with zero attached hydrogens (tertiary/aromatic N) is 1. The summed E-state index contributed by atoms with van der Waals surface area (Å²) in [6.07, 6.45) is -0.104. The van der Waals surface area contributed by atoms with E-state index in [9.17, 15) is 19.6 Å². The number of aryl methyl sites for hydroxylation is 2. The second-order valence-electron chi connectivity index (χ2n) is 6.38. The zero-order valence-corrected chi connectivity index (χ0v) is 17.4. The quantitative estimate of drug-likeness (QED) is 0.516. The maximum atomic E-state index is 12.4. The fourth-order valence-electron chi connectivity index (χ4n) is 2.72. The molecule has 2 aromatic rings. The zero-order chi connectivity index (χ0) is 21.6. The fourth-order valence-corrected chi connectivity index (χ4v) is 3.64. The first-order valence-electron chi connectivity index (χ1n) is 9.02. The van der Waals surface area contributed by atoms with E-state index in [0.717, 1.165) is 22.5 Å². The molecule has 2 rings (SSSR count). The van der Waals surface area contributed by atoms with E-state index in [1.807, 2.05) is 32.0 Å². The third kappa shape index (κ3) is 5.42. The van der Waals surface area contributed by atoms with Crippen molar-refractivity contribution < 1.29 is 23.9 Å². The topological polar surface area (TPSA) is 119 Å². The number of rotatable bonds is 8. The molecule has 0 aliphatic heterocycles. The lowest BCUT2D eigenvalue weighted by Gasteiger charge is -2.08. The van der Waals surface area contributed by atoms with Crippen molar-refractivity contribution in [3.8, 4) is 6.07 Å². The van der Waals surface area contributed by atoms with Crippen molar-refractivity contribution >= 4 is 34.1 Å². The molecule has 0 radical (unpaired) electrons. The number of esters is 2. The van der Waals surface area contributed by atoms with Crippen molar-refractivity contribution in [3.63, 3.8) is 0 Å². The molecule has 1 aromatic carbocycles. The number of hydrogen-bond donors (Lipinski definition) is 1. The number of thiophene rings is 1. The first-order valence-corrected chi connectivity index (χ1v) is 9.84. The molecule has 7 nitrogen and oxygen atoms in total. The van der Waals surface area contributed by atoms with Crippen molar-refractivity contribution in [3.05, 3.63) is 50.9 Å². The van der Waals surface area contributed by atoms with E-state index in [0.29, 0.717) is 5.56 Å². The molecule has 152 valence electrons. The molecule has 0 spiro atoms. The molecular formula is C21H22N2O5S. The molecule has 0 aliphatic rings. The van der Waals surface area contributed by atoms with Crippen LogP contribution < -0.4 is 5.73 Å². The van der Waals surface area contributed by atoms with Gasteiger partial charge in [-0.25, -0.2) is 4.79 Å². The van der Waals surface area contributed by atoms with Gasteiger partial charge in [0.05, 0.1) is 18.6 Å². The van der Waals surface area contributed by atoms with Crippen molar-refractivity contribution in [2.45, 2.75) is 40.2 Å². The highest BCUT2D eigenvalue weighted by molar-refractivity contribution is 7.18. The van der Waals surface area contributed by atoms with Crippen LogP contribution in [0.25, 0.3) is 0 Å². The van der Waals surface area contributed by atoms with Gasteiger partial charge in [0.15, 0.2) is 5.78 Å². The molecule has 0 saturated carbocycles. The van der Waals surface area contributed by atoms with Gasteiger partial charge in [0.25, 0.3) is 0 Å². The van der Waals surface area contributed by atoms with E-state index in [-0.39, 0.29) is 52.8 Å². The molecule has 0 aliphatic carbocycles. The largest absolute Gasteiger partial charge is 0.462 e. The summed E-state index contributed by atoms with van der Waals surface area (Å²) < 4.78 is 10.2. The van der Waals surface area contributed by atoms with E-state index in [1.54, 1.807) is 13.0 Å². The van der Waals surface area contributed by atoms with Crippen molar-refractivity contribution in [1.82, 2.24) is 0 Å². The predicted octanol–water partition coefficient (Wildman–Crippen LogP) is 3.70. The summed E-state index contributed by atoms with van der Waals surface area (Å²) in [7, 11) is 0. The molecule has 0 atom stereocenters. The highest BCUT2D eigenvalue weighted by Crippen LogP contribution is 2.32. The lowest BCUT2D eigenvalue weighted by atomic mass is 9.99. The number of Topliss-reactive ketones (excluding diaryl/α,β-unsaturated/α-hetero) is 1. The van der Waals surface area contributed by atoms with Gasteiger partial charge in [-0.05, 0) is 32.4 Å². The van der Waals surface area contributed by atoms with E-state index < -0.39 is 11.9 Å². The van der Waals surface area contributed by atoms with Crippen LogP contribution in [0, 0.1) is 25.2 Å². The molecule has 0 saturated heterocycles. The molecule has 0 unspecified atom stereocenters. The smallest absolute Gasteiger partial charge is 0.348 e. The van der Waals surface area contributed by atoms with Crippen LogP contribution in [0.4, 0.5) is 5.00 Å². The van der Waals surface area contributed by atoms with Crippen molar-refractivity contribution in [2.24, 2.45) is 0 Å². The summed E-state index contributed by atoms with van der Waals surface area (Å²) in [6, 6.07) is 7.49. The summed E-state index contributed by atoms with van der Waals surface area (Å²) in [5, 5.41) is 9.44. The number of ketones is 1. The van der Waals surface area contributed by atoms with Crippen LogP contribution in [0.1, 0.15) is 62.0 Å². The van der Waals surface area contributed by atoms with E-state index >= 15 is 0 Å². The van der Waals surface area contributed by atoms with Crippen LogP contribution in [-0.2, 0) is 20.9 Å². The van der Waals surface area contributed by atoms with Gasteiger partial charge < -0.3 is 15.2 Å². The van der Waals surface area contributed by atoms with Crippen LogP contribution in [0.3, 0.4) is 0 Å². The number of nitrogens with two attached hydrogens (primary N) is 1. The molecular weight excluding hydrogens is 392 g/mol. The SMILES string of the molecule is CCOC(=O)c1sc(N)c(C#N)c1COC(=O)CCC(=O)c1cc(C)ccc1C. The van der Waals surface area contributed by atoms with Crippen LogP contribution in [0.5, 0.6) is 0 Å². The maximum Gasteiger partial charge on any atom is 0.348 e. The summed E-state index contributed by atoms with van der Waals surface area (Å²) in [5.41, 5.74) is 8.50. The molecule has 29 heavy (non-hydrogen) atoms. The Morgan fingerprint density at radius 3 is 2.55 bits per heavy atom. The Kier molecular flexibility index (Phi) is 7.51. The van der Waals surface area contributed by atoms with Gasteiger partial charge in [-0.2, -0.15) is 5.26 Å². The maximum absolute atomic E-state index is 12.4. The number of hydrogen-bond acceptors (Lipinski definition) is 8. The second kappa shape index (κ2) is 9.85. The third-order valence-corrected chi connectivity index (χ3v) is 5.28. The third-order valence-electron chi connectivity index (χ3n) is 4.23. The summed E-state index contributed by atoms with van der Waals surface area (Å²) in [6.45, 7) is 5.27. The zero-order valence-electron chi connectivity index (χ0n) is 16.5. The molecule has 8 heteroatoms. The Balaban J connectivity index is 2.02. The number of benzene rings is 1. The lowest BCUT2D eigenvalue weighted by molar-refractivity contribution is -0.144. The summed E-state index contributed by atoms with van der Waals surface area (Å²) in [4.78, 5) is 36.7. The Morgan fingerprint density at radius 2 is 1.90 bits per heavy atom. The molecule has 0 bridgehead atoms. The van der Waals surface area contributed by atoms with E-state index in [4.69, 9.17) is 15.2 Å². The van der Waals surface area contributed by atoms with Crippen molar-refractivity contribution in [2.75, 3.05) is 12.3 Å². The van der Waals surface area contributed by atoms with Crippen LogP contribution in [0.15, 0.2) is 18.2 Å². The number of ether oxygens (including phenoxy) is 2. The Bertz CT molecular complexity index is 988. The number of nitriles is 1. The summed E-state index contributed by atoms with van der Waals surface area (Å²) >= 11 is 0.919. The second-order valence-corrected chi connectivity index (χ2v) is 7.44. The first kappa shape index (κ1) is 22.1. The normalized spacial score (nSPS) is 10.3. The standard InChI is InChI=1S/C21H22N2O5S/c1-4-27-21(26)19-16(15(10-22)20(23)29-19)11-28-18(25)8-7-17(24)14-9-12(2)5-6-13(14)3/h5-6,9H,4,7-8,11,23H2,1-3H3. The van der Waals surface area contributed by atoms with Gasteiger partial charge in [-0.3, -0.25) is 9.59 Å². The Hall–Kier alpha value is -3.18. The van der Waals surface area contributed by atoms with Crippen LogP contribution in [0.2, 0.25) is 0 Å². The van der Waals surface area contributed by atoms with Gasteiger partial charge in [0.2, 0.25) is 0 Å². The minimum Gasteiger partial charge on any atom is -0.462 e. The predicted molar refractivity (Wildman–Crippen MR) is 109 cm³/mol. The van der Waals surface area contributed by atoms with Crippen molar-refractivity contribution in [1.29, 1.82) is 5.26 Å². The minimum atomic E-state index is -0.623. The molecule has 2 N–H and O–H groups in total. The fraction of sp³-hybridized carbons (Fsp3) is 0.333. The number of anilines is 1. The van der Waals surface area contributed by atoms with Gasteiger partial charge in [0.1, 0.15) is 22.6 Å². The molecule has 1 heterocycles. The highest BCUT2D eigenvalue weighted by Gasteiger charge is 2.24. The number of carbonyl (C=O) groups excluding carboxylic acids is 3. The highest BCUT2D eigenvalue weighted by atomic mass is 32.1. The Labute approximate surface area is 173 Å². The van der Waals surface area contributed by atoms with E-state index in [2.05, 4.69) is 0 Å².